The lowest BCUT2D eigenvalue weighted by Gasteiger charge is -2.09. The number of carbonyl (C=O) groups is 1. The van der Waals surface area contributed by atoms with Gasteiger partial charge in [0.1, 0.15) is 0 Å². The molecule has 0 amide bonds. The molecule has 6 heteroatoms. The lowest BCUT2D eigenvalue weighted by Crippen LogP contribution is -2.14. The summed E-state index contributed by atoms with van der Waals surface area (Å²) in [5, 5.41) is 27.5. The number of rotatable bonds is 5. The molecule has 3 N–H and O–H groups in total. The van der Waals surface area contributed by atoms with Crippen LogP contribution >= 0.6 is 0 Å². The molecule has 0 aliphatic carbocycles. The molecular weight excluding hydrogens is 320 g/mol. The number of aliphatic hydroxyl groups is 3. The number of imidazole rings is 1. The van der Waals surface area contributed by atoms with Crippen molar-refractivity contribution < 1.29 is 20.1 Å². The van der Waals surface area contributed by atoms with Crippen LogP contribution in [0.2, 0.25) is 0 Å². The molecule has 0 fully saturated rings. The van der Waals surface area contributed by atoms with Gasteiger partial charge in [-0.1, -0.05) is 42.5 Å². The Balaban J connectivity index is 0.000000326. The van der Waals surface area contributed by atoms with Crippen LogP contribution in [0.25, 0.3) is 10.8 Å². The molecule has 1 aromatic heterocycles. The molecule has 0 saturated heterocycles. The Morgan fingerprint density at radius 3 is 2.52 bits per heavy atom. The summed E-state index contributed by atoms with van der Waals surface area (Å²) in [6.45, 7) is 1.98. The van der Waals surface area contributed by atoms with Crippen LogP contribution in [0.15, 0.2) is 55.0 Å². The van der Waals surface area contributed by atoms with E-state index in [9.17, 15) is 9.90 Å². The van der Waals surface area contributed by atoms with E-state index in [-0.39, 0.29) is 6.61 Å². The molecule has 132 valence electrons. The first-order valence-corrected chi connectivity index (χ1v) is 7.96. The monoisotopic (exact) mass is 342 g/mol. The SMILES string of the molecule is CC(=O)C(O)O.OCc1cncn1CCc1cccc2ccccc12. The maximum atomic E-state index is 9.64. The summed E-state index contributed by atoms with van der Waals surface area (Å²) in [7, 11) is 0. The third-order valence-corrected chi connectivity index (χ3v) is 3.83. The Morgan fingerprint density at radius 2 is 1.84 bits per heavy atom. The second-order valence-corrected chi connectivity index (χ2v) is 5.61. The van der Waals surface area contributed by atoms with Gasteiger partial charge in [-0.25, -0.2) is 4.98 Å². The molecule has 25 heavy (non-hydrogen) atoms. The summed E-state index contributed by atoms with van der Waals surface area (Å²) in [5.41, 5.74) is 2.19. The van der Waals surface area contributed by atoms with Crippen LogP contribution in [0.4, 0.5) is 0 Å². The van der Waals surface area contributed by atoms with Crippen molar-refractivity contribution in [3.8, 4) is 0 Å². The molecule has 0 radical (unpaired) electrons. The van der Waals surface area contributed by atoms with Gasteiger partial charge in [-0.15, -0.1) is 0 Å². The number of hydrogen-bond donors (Lipinski definition) is 3. The largest absolute Gasteiger partial charge is 0.390 e. The highest BCUT2D eigenvalue weighted by Gasteiger charge is 2.03. The van der Waals surface area contributed by atoms with Gasteiger partial charge in [0.25, 0.3) is 0 Å². The zero-order valence-corrected chi connectivity index (χ0v) is 14.0. The number of benzene rings is 2. The van der Waals surface area contributed by atoms with Gasteiger partial charge in [0.05, 0.1) is 24.8 Å². The summed E-state index contributed by atoms with van der Waals surface area (Å²) in [6, 6.07) is 14.8. The van der Waals surface area contributed by atoms with E-state index < -0.39 is 12.1 Å². The van der Waals surface area contributed by atoms with Crippen LogP contribution in [-0.4, -0.2) is 36.9 Å². The highest BCUT2D eigenvalue weighted by Crippen LogP contribution is 2.19. The first-order chi connectivity index (χ1) is 12.0. The molecule has 0 bridgehead atoms. The van der Waals surface area contributed by atoms with E-state index >= 15 is 0 Å². The molecule has 0 aliphatic heterocycles. The minimum absolute atomic E-state index is 0.0372. The number of fused-ring (bicyclic) bond motifs is 1. The molecular formula is C19H22N2O4. The quantitative estimate of drug-likeness (QED) is 0.613. The molecule has 0 aliphatic rings. The number of ketones is 1. The van der Waals surface area contributed by atoms with Crippen molar-refractivity contribution in [1.82, 2.24) is 9.55 Å². The number of aliphatic hydroxyl groups excluding tert-OH is 2. The topological polar surface area (TPSA) is 95.6 Å². The minimum Gasteiger partial charge on any atom is -0.390 e. The van der Waals surface area contributed by atoms with Crippen LogP contribution in [-0.2, 0) is 24.4 Å². The number of Topliss-reactive ketones (excluding diaryl/α,β-unsaturated/α-hetero) is 1. The van der Waals surface area contributed by atoms with Crippen LogP contribution in [0.1, 0.15) is 18.2 Å². The fraction of sp³-hybridized carbons (Fsp3) is 0.263. The Morgan fingerprint density at radius 1 is 1.16 bits per heavy atom. The molecule has 6 nitrogen and oxygen atoms in total. The van der Waals surface area contributed by atoms with Crippen molar-refractivity contribution in [2.24, 2.45) is 0 Å². The van der Waals surface area contributed by atoms with E-state index in [2.05, 4.69) is 47.4 Å². The standard InChI is InChI=1S/C16H16N2O.C3H6O3/c19-11-15-10-17-12-18(15)9-8-14-6-3-5-13-4-1-2-7-16(13)14;1-2(4)3(5)6/h1-7,10,12,19H,8-9,11H2;3,5-6H,1H3. The van der Waals surface area contributed by atoms with E-state index in [0.717, 1.165) is 25.6 Å². The van der Waals surface area contributed by atoms with Gasteiger partial charge in [-0.2, -0.15) is 0 Å². The van der Waals surface area contributed by atoms with Crippen molar-refractivity contribution in [2.75, 3.05) is 0 Å². The van der Waals surface area contributed by atoms with Gasteiger partial charge in [-0.3, -0.25) is 4.79 Å². The number of nitrogens with zero attached hydrogens (tertiary/aromatic N) is 2. The van der Waals surface area contributed by atoms with Gasteiger partial charge in [0, 0.05) is 6.54 Å². The molecule has 0 spiro atoms. The fourth-order valence-electron chi connectivity index (χ4n) is 2.43. The summed E-state index contributed by atoms with van der Waals surface area (Å²) in [5.74, 6) is -0.630. The van der Waals surface area contributed by atoms with Gasteiger partial charge in [0.2, 0.25) is 6.29 Å². The van der Waals surface area contributed by atoms with Crippen molar-refractivity contribution in [2.45, 2.75) is 32.8 Å². The molecule has 0 atom stereocenters. The third kappa shape index (κ3) is 5.22. The van der Waals surface area contributed by atoms with E-state index in [4.69, 9.17) is 10.2 Å². The zero-order valence-electron chi connectivity index (χ0n) is 14.0. The number of hydrogen-bond acceptors (Lipinski definition) is 5. The summed E-state index contributed by atoms with van der Waals surface area (Å²) >= 11 is 0. The first kappa shape index (κ1) is 18.8. The number of aromatic nitrogens is 2. The van der Waals surface area contributed by atoms with Crippen LogP contribution < -0.4 is 0 Å². The fourth-order valence-corrected chi connectivity index (χ4v) is 2.43. The third-order valence-electron chi connectivity index (χ3n) is 3.83. The van der Waals surface area contributed by atoms with Crippen molar-refractivity contribution >= 4 is 16.6 Å². The lowest BCUT2D eigenvalue weighted by molar-refractivity contribution is -0.142. The maximum absolute atomic E-state index is 9.64. The molecule has 3 rings (SSSR count). The van der Waals surface area contributed by atoms with Crippen molar-refractivity contribution in [1.29, 1.82) is 0 Å². The molecule has 3 aromatic rings. The highest BCUT2D eigenvalue weighted by atomic mass is 16.5. The van der Waals surface area contributed by atoms with E-state index in [0.29, 0.717) is 0 Å². The van der Waals surface area contributed by atoms with Crippen molar-refractivity contribution in [3.63, 3.8) is 0 Å². The highest BCUT2D eigenvalue weighted by molar-refractivity contribution is 5.85. The molecule has 0 unspecified atom stereocenters. The second kappa shape index (κ2) is 9.08. The first-order valence-electron chi connectivity index (χ1n) is 7.96. The summed E-state index contributed by atoms with van der Waals surface area (Å²) in [4.78, 5) is 13.7. The average Bonchev–Trinajstić information content (AvgIpc) is 3.08. The second-order valence-electron chi connectivity index (χ2n) is 5.61. The lowest BCUT2D eigenvalue weighted by atomic mass is 10.0. The average molecular weight is 342 g/mol. The molecule has 0 saturated carbocycles. The van der Waals surface area contributed by atoms with Crippen molar-refractivity contribution in [3.05, 3.63) is 66.2 Å². The summed E-state index contributed by atoms with van der Waals surface area (Å²) in [6.07, 6.45) is 2.63. The van der Waals surface area contributed by atoms with Gasteiger partial charge >= 0.3 is 0 Å². The Hall–Kier alpha value is -2.54. The van der Waals surface area contributed by atoms with Crippen LogP contribution in [0.5, 0.6) is 0 Å². The van der Waals surface area contributed by atoms with Gasteiger partial charge in [-0.05, 0) is 29.7 Å². The Bertz CT molecular complexity index is 822. The zero-order chi connectivity index (χ0) is 18.2. The Labute approximate surface area is 146 Å². The predicted octanol–water partition coefficient (Wildman–Crippen LogP) is 1.66. The van der Waals surface area contributed by atoms with Crippen LogP contribution in [0.3, 0.4) is 0 Å². The smallest absolute Gasteiger partial charge is 0.212 e. The minimum atomic E-state index is -1.79. The van der Waals surface area contributed by atoms with E-state index in [1.807, 2.05) is 4.57 Å². The predicted molar refractivity (Wildman–Crippen MR) is 94.7 cm³/mol. The van der Waals surface area contributed by atoms with Gasteiger partial charge in [0.15, 0.2) is 5.78 Å². The normalized spacial score (nSPS) is 10.6. The van der Waals surface area contributed by atoms with Gasteiger partial charge < -0.3 is 19.9 Å². The van der Waals surface area contributed by atoms with E-state index in [1.165, 1.54) is 16.3 Å². The maximum Gasteiger partial charge on any atom is 0.212 e. The van der Waals surface area contributed by atoms with Crippen LogP contribution in [0, 0.1) is 0 Å². The van der Waals surface area contributed by atoms with E-state index in [1.54, 1.807) is 12.5 Å². The number of carbonyl (C=O) groups excluding carboxylic acids is 1. The Kier molecular flexibility index (Phi) is 6.82. The number of aryl methyl sites for hydroxylation is 2. The molecule has 2 aromatic carbocycles. The summed E-state index contributed by atoms with van der Waals surface area (Å²) < 4.78 is 2.00. The molecule has 1 heterocycles.